The van der Waals surface area contributed by atoms with Gasteiger partial charge < -0.3 is 9.84 Å². The van der Waals surface area contributed by atoms with Gasteiger partial charge in [0.15, 0.2) is 0 Å². The summed E-state index contributed by atoms with van der Waals surface area (Å²) >= 11 is 0. The van der Waals surface area contributed by atoms with Gasteiger partial charge >= 0.3 is 0 Å². The average Bonchev–Trinajstić information content (AvgIpc) is 2.61. The number of rotatable bonds is 3. The van der Waals surface area contributed by atoms with E-state index in [-0.39, 0.29) is 5.82 Å². The lowest BCUT2D eigenvalue weighted by molar-refractivity contribution is 0.392. The molecule has 1 heterocycles. The van der Waals surface area contributed by atoms with Gasteiger partial charge in [-0.1, -0.05) is 11.2 Å². The maximum Gasteiger partial charge on any atom is 0.138 e. The van der Waals surface area contributed by atoms with E-state index in [2.05, 4.69) is 10.5 Å². The van der Waals surface area contributed by atoms with Crippen molar-refractivity contribution in [2.75, 3.05) is 5.32 Å². The van der Waals surface area contributed by atoms with Crippen molar-refractivity contribution in [2.45, 2.75) is 27.3 Å². The minimum Gasteiger partial charge on any atom is -0.380 e. The van der Waals surface area contributed by atoms with E-state index in [1.54, 1.807) is 6.07 Å². The third-order valence-corrected chi connectivity index (χ3v) is 2.84. The zero-order valence-electron chi connectivity index (χ0n) is 10.2. The van der Waals surface area contributed by atoms with Crippen LogP contribution < -0.4 is 5.32 Å². The molecule has 2 rings (SSSR count). The smallest absolute Gasteiger partial charge is 0.138 e. The Morgan fingerprint density at radius 1 is 1.29 bits per heavy atom. The van der Waals surface area contributed by atoms with Crippen LogP contribution in [0.5, 0.6) is 0 Å². The maximum absolute atomic E-state index is 13.1. The Kier molecular flexibility index (Phi) is 3.13. The van der Waals surface area contributed by atoms with E-state index in [9.17, 15) is 4.39 Å². The zero-order chi connectivity index (χ0) is 12.4. The predicted octanol–water partition coefficient (Wildman–Crippen LogP) is 3.35. The van der Waals surface area contributed by atoms with Crippen LogP contribution >= 0.6 is 0 Å². The molecule has 0 aliphatic rings. The molecule has 0 amide bonds. The van der Waals surface area contributed by atoms with Gasteiger partial charge in [-0.15, -0.1) is 0 Å². The molecule has 0 atom stereocenters. The Morgan fingerprint density at radius 3 is 2.71 bits per heavy atom. The lowest BCUT2D eigenvalue weighted by Gasteiger charge is -2.09. The van der Waals surface area contributed by atoms with Gasteiger partial charge in [0.05, 0.1) is 5.69 Å². The largest absolute Gasteiger partial charge is 0.380 e. The molecule has 90 valence electrons. The third-order valence-electron chi connectivity index (χ3n) is 2.84. The van der Waals surface area contributed by atoms with Crippen LogP contribution in [-0.4, -0.2) is 5.16 Å². The molecule has 2 aromatic rings. The Morgan fingerprint density at radius 2 is 2.06 bits per heavy atom. The Labute approximate surface area is 99.6 Å². The SMILES string of the molecule is Cc1ccc(F)cc1NCc1c(C)noc1C. The topological polar surface area (TPSA) is 38.1 Å². The van der Waals surface area contributed by atoms with Crippen LogP contribution in [0.1, 0.15) is 22.6 Å². The van der Waals surface area contributed by atoms with Gasteiger partial charge in [-0.2, -0.15) is 0 Å². The lowest BCUT2D eigenvalue weighted by atomic mass is 10.1. The highest BCUT2D eigenvalue weighted by Gasteiger charge is 2.09. The summed E-state index contributed by atoms with van der Waals surface area (Å²) in [6.45, 7) is 6.29. The number of halogens is 1. The van der Waals surface area contributed by atoms with Crippen molar-refractivity contribution < 1.29 is 8.91 Å². The van der Waals surface area contributed by atoms with E-state index in [0.717, 1.165) is 28.3 Å². The standard InChI is InChI=1S/C13H15FN2O/c1-8-4-5-11(14)6-13(8)15-7-12-9(2)16-17-10(12)3/h4-6,15H,7H2,1-3H3. The Bertz CT molecular complexity index is 515. The fourth-order valence-electron chi connectivity index (χ4n) is 1.72. The molecule has 4 heteroatoms. The first kappa shape index (κ1) is 11.6. The summed E-state index contributed by atoms with van der Waals surface area (Å²) in [5.74, 6) is 0.556. The summed E-state index contributed by atoms with van der Waals surface area (Å²) in [6, 6.07) is 4.70. The highest BCUT2D eigenvalue weighted by molar-refractivity contribution is 5.51. The van der Waals surface area contributed by atoms with E-state index in [0.29, 0.717) is 6.54 Å². The molecule has 0 saturated carbocycles. The molecule has 0 spiro atoms. The molecule has 3 nitrogen and oxygen atoms in total. The number of benzene rings is 1. The first-order valence-electron chi connectivity index (χ1n) is 5.49. The fourth-order valence-corrected chi connectivity index (χ4v) is 1.72. The first-order chi connectivity index (χ1) is 8.08. The molecule has 0 fully saturated rings. The summed E-state index contributed by atoms with van der Waals surface area (Å²) < 4.78 is 18.2. The molecule has 0 aliphatic heterocycles. The van der Waals surface area contributed by atoms with Crippen LogP contribution in [-0.2, 0) is 6.54 Å². The summed E-state index contributed by atoms with van der Waals surface area (Å²) in [5, 5.41) is 7.08. The zero-order valence-corrected chi connectivity index (χ0v) is 10.2. The van der Waals surface area contributed by atoms with Gasteiger partial charge in [0.2, 0.25) is 0 Å². The van der Waals surface area contributed by atoms with Crippen molar-refractivity contribution in [1.82, 2.24) is 5.16 Å². The van der Waals surface area contributed by atoms with E-state index in [1.807, 2.05) is 20.8 Å². The van der Waals surface area contributed by atoms with E-state index in [1.165, 1.54) is 12.1 Å². The number of aryl methyl sites for hydroxylation is 3. The number of nitrogens with zero attached hydrogens (tertiary/aromatic N) is 1. The second kappa shape index (κ2) is 4.57. The molecule has 17 heavy (non-hydrogen) atoms. The lowest BCUT2D eigenvalue weighted by Crippen LogP contribution is -2.03. The van der Waals surface area contributed by atoms with Crippen LogP contribution in [0.3, 0.4) is 0 Å². The molecule has 1 N–H and O–H groups in total. The molecule has 0 bridgehead atoms. The summed E-state index contributed by atoms with van der Waals surface area (Å²) in [6.07, 6.45) is 0. The monoisotopic (exact) mass is 234 g/mol. The molecule has 0 radical (unpaired) electrons. The molecular formula is C13H15FN2O. The van der Waals surface area contributed by atoms with E-state index in [4.69, 9.17) is 4.52 Å². The second-order valence-electron chi connectivity index (χ2n) is 4.12. The Balaban J connectivity index is 2.15. The Hall–Kier alpha value is -1.84. The number of anilines is 1. The third kappa shape index (κ3) is 2.46. The number of aromatic nitrogens is 1. The highest BCUT2D eigenvalue weighted by atomic mass is 19.1. The van der Waals surface area contributed by atoms with Crippen molar-refractivity contribution >= 4 is 5.69 Å². The number of hydrogen-bond acceptors (Lipinski definition) is 3. The highest BCUT2D eigenvalue weighted by Crippen LogP contribution is 2.19. The van der Waals surface area contributed by atoms with E-state index >= 15 is 0 Å². The minimum absolute atomic E-state index is 0.239. The molecular weight excluding hydrogens is 219 g/mol. The molecule has 1 aromatic heterocycles. The summed E-state index contributed by atoms with van der Waals surface area (Å²) in [4.78, 5) is 0. The van der Waals surface area contributed by atoms with Crippen LogP contribution in [0.2, 0.25) is 0 Å². The van der Waals surface area contributed by atoms with Crippen LogP contribution in [0.25, 0.3) is 0 Å². The number of hydrogen-bond donors (Lipinski definition) is 1. The quantitative estimate of drug-likeness (QED) is 0.885. The van der Waals surface area contributed by atoms with Crippen molar-refractivity contribution in [2.24, 2.45) is 0 Å². The van der Waals surface area contributed by atoms with Crippen molar-refractivity contribution in [3.63, 3.8) is 0 Å². The number of nitrogens with one attached hydrogen (secondary N) is 1. The van der Waals surface area contributed by atoms with E-state index < -0.39 is 0 Å². The summed E-state index contributed by atoms with van der Waals surface area (Å²) in [7, 11) is 0. The van der Waals surface area contributed by atoms with Crippen LogP contribution in [0.15, 0.2) is 22.7 Å². The van der Waals surface area contributed by atoms with Crippen molar-refractivity contribution in [1.29, 1.82) is 0 Å². The average molecular weight is 234 g/mol. The molecule has 0 unspecified atom stereocenters. The van der Waals surface area contributed by atoms with Gasteiger partial charge in [-0.3, -0.25) is 0 Å². The van der Waals surface area contributed by atoms with Gasteiger partial charge in [0.25, 0.3) is 0 Å². The van der Waals surface area contributed by atoms with Crippen LogP contribution in [0, 0.1) is 26.6 Å². The second-order valence-corrected chi connectivity index (χ2v) is 4.12. The molecule has 0 saturated heterocycles. The predicted molar refractivity (Wildman–Crippen MR) is 64.4 cm³/mol. The van der Waals surface area contributed by atoms with Gasteiger partial charge in [-0.25, -0.2) is 4.39 Å². The van der Waals surface area contributed by atoms with Crippen molar-refractivity contribution in [3.05, 3.63) is 46.6 Å². The normalized spacial score (nSPS) is 10.6. The fraction of sp³-hybridized carbons (Fsp3) is 0.308. The van der Waals surface area contributed by atoms with Crippen molar-refractivity contribution in [3.8, 4) is 0 Å². The van der Waals surface area contributed by atoms with Gasteiger partial charge in [0.1, 0.15) is 11.6 Å². The van der Waals surface area contributed by atoms with Gasteiger partial charge in [-0.05, 0) is 38.5 Å². The minimum atomic E-state index is -0.239. The van der Waals surface area contributed by atoms with Crippen LogP contribution in [0.4, 0.5) is 10.1 Å². The maximum atomic E-state index is 13.1. The molecule has 1 aromatic carbocycles. The first-order valence-corrected chi connectivity index (χ1v) is 5.49. The van der Waals surface area contributed by atoms with Gasteiger partial charge in [0, 0.05) is 17.8 Å². The molecule has 0 aliphatic carbocycles. The summed E-state index contributed by atoms with van der Waals surface area (Å²) in [5.41, 5.74) is 3.70.